The molecule has 1 aliphatic heterocycles. The van der Waals surface area contributed by atoms with E-state index in [-0.39, 0.29) is 29.7 Å². The molecule has 6 nitrogen and oxygen atoms in total. The summed E-state index contributed by atoms with van der Waals surface area (Å²) in [6.45, 7) is 4.75. The van der Waals surface area contributed by atoms with Crippen molar-refractivity contribution in [3.05, 3.63) is 29.8 Å². The lowest BCUT2D eigenvalue weighted by molar-refractivity contribution is -0.0504. The van der Waals surface area contributed by atoms with Gasteiger partial charge in [0.2, 0.25) is 0 Å². The second-order valence-corrected chi connectivity index (χ2v) is 6.48. The molecule has 2 N–H and O–H groups in total. The SMILES string of the molecule is CN=C(NCc1ccccc1OC(F)F)NCC(C)N1CCN(C)CC1.I. The predicted molar refractivity (Wildman–Crippen MR) is 115 cm³/mol. The van der Waals surface area contributed by atoms with Gasteiger partial charge < -0.3 is 20.3 Å². The van der Waals surface area contributed by atoms with Crippen LogP contribution in [0, 0.1) is 0 Å². The van der Waals surface area contributed by atoms with Crippen molar-refractivity contribution in [1.82, 2.24) is 20.4 Å². The maximum Gasteiger partial charge on any atom is 0.387 e. The lowest BCUT2D eigenvalue weighted by Crippen LogP contribution is -2.52. The largest absolute Gasteiger partial charge is 0.434 e. The molecule has 1 unspecified atom stereocenters. The van der Waals surface area contributed by atoms with Crippen LogP contribution >= 0.6 is 24.0 Å². The second kappa shape index (κ2) is 12.3. The number of para-hydroxylation sites is 1. The highest BCUT2D eigenvalue weighted by atomic mass is 127. The van der Waals surface area contributed by atoms with Crippen LogP contribution in [0.1, 0.15) is 12.5 Å². The number of rotatable bonds is 7. The number of alkyl halides is 2. The summed E-state index contributed by atoms with van der Waals surface area (Å²) in [6.07, 6.45) is 0. The molecule has 1 heterocycles. The first-order valence-electron chi connectivity index (χ1n) is 8.89. The molecule has 2 rings (SSSR count). The Bertz CT molecular complexity index is 583. The van der Waals surface area contributed by atoms with Gasteiger partial charge in [0.1, 0.15) is 5.75 Å². The summed E-state index contributed by atoms with van der Waals surface area (Å²) in [5.74, 6) is 0.814. The van der Waals surface area contributed by atoms with E-state index in [4.69, 9.17) is 0 Å². The van der Waals surface area contributed by atoms with Crippen LogP contribution in [-0.2, 0) is 6.54 Å². The van der Waals surface area contributed by atoms with E-state index in [0.29, 0.717) is 24.1 Å². The van der Waals surface area contributed by atoms with Crippen LogP contribution in [0.4, 0.5) is 8.78 Å². The van der Waals surface area contributed by atoms with Gasteiger partial charge in [0.05, 0.1) is 0 Å². The Balaban J connectivity index is 0.00000364. The van der Waals surface area contributed by atoms with Crippen molar-refractivity contribution >= 4 is 29.9 Å². The van der Waals surface area contributed by atoms with E-state index >= 15 is 0 Å². The number of hydrogen-bond acceptors (Lipinski definition) is 4. The van der Waals surface area contributed by atoms with Gasteiger partial charge in [-0.1, -0.05) is 18.2 Å². The van der Waals surface area contributed by atoms with Crippen LogP contribution in [0.5, 0.6) is 5.75 Å². The number of aliphatic imine (C=N–C) groups is 1. The van der Waals surface area contributed by atoms with Gasteiger partial charge in [0.25, 0.3) is 0 Å². The van der Waals surface area contributed by atoms with E-state index in [0.717, 1.165) is 32.7 Å². The van der Waals surface area contributed by atoms with E-state index in [1.165, 1.54) is 6.07 Å². The number of ether oxygens (including phenoxy) is 1. The van der Waals surface area contributed by atoms with E-state index < -0.39 is 6.61 Å². The number of hydrogen-bond donors (Lipinski definition) is 2. The lowest BCUT2D eigenvalue weighted by atomic mass is 10.2. The zero-order valence-electron chi connectivity index (χ0n) is 16.1. The summed E-state index contributed by atoms with van der Waals surface area (Å²) in [5, 5.41) is 6.45. The summed E-state index contributed by atoms with van der Waals surface area (Å²) >= 11 is 0. The molecule has 0 amide bonds. The molecule has 1 aromatic rings. The van der Waals surface area contributed by atoms with E-state index in [9.17, 15) is 8.78 Å². The van der Waals surface area contributed by atoms with Gasteiger partial charge in [-0.15, -0.1) is 24.0 Å². The lowest BCUT2D eigenvalue weighted by Gasteiger charge is -2.36. The molecule has 154 valence electrons. The van der Waals surface area contributed by atoms with Crippen LogP contribution < -0.4 is 15.4 Å². The maximum atomic E-state index is 12.5. The van der Waals surface area contributed by atoms with Crippen LogP contribution in [0.2, 0.25) is 0 Å². The number of likely N-dealkylation sites (N-methyl/N-ethyl adjacent to an activating group) is 1. The molecule has 0 aliphatic carbocycles. The molecule has 0 spiro atoms. The Kier molecular flexibility index (Phi) is 10.9. The summed E-state index contributed by atoms with van der Waals surface area (Å²) in [4.78, 5) is 8.98. The Morgan fingerprint density at radius 1 is 1.19 bits per heavy atom. The normalized spacial score (nSPS) is 17.3. The maximum absolute atomic E-state index is 12.5. The standard InChI is InChI=1S/C18H29F2N5O.HI/c1-14(25-10-8-24(3)9-11-25)12-22-18(21-2)23-13-15-6-4-5-7-16(15)26-17(19)20;/h4-7,14,17H,8-13H2,1-3H3,(H2,21,22,23);1H. The monoisotopic (exact) mass is 497 g/mol. The summed E-state index contributed by atoms with van der Waals surface area (Å²) in [6, 6.07) is 7.14. The van der Waals surface area contributed by atoms with Gasteiger partial charge in [-0.05, 0) is 20.0 Å². The number of benzene rings is 1. The summed E-state index contributed by atoms with van der Waals surface area (Å²) in [5.41, 5.74) is 0.655. The van der Waals surface area contributed by atoms with Crippen LogP contribution in [0.3, 0.4) is 0 Å². The molecule has 0 radical (unpaired) electrons. The molecule has 9 heteroatoms. The average molecular weight is 497 g/mol. The molecule has 1 fully saturated rings. The molecular formula is C18H30F2IN5O. The van der Waals surface area contributed by atoms with Gasteiger partial charge in [-0.2, -0.15) is 8.78 Å². The first-order valence-corrected chi connectivity index (χ1v) is 8.89. The van der Waals surface area contributed by atoms with Crippen molar-refractivity contribution in [2.75, 3.05) is 46.8 Å². The smallest absolute Gasteiger partial charge is 0.387 e. The van der Waals surface area contributed by atoms with Crippen molar-refractivity contribution in [1.29, 1.82) is 0 Å². The summed E-state index contributed by atoms with van der Waals surface area (Å²) < 4.78 is 29.5. The fourth-order valence-electron chi connectivity index (χ4n) is 2.90. The molecule has 0 bridgehead atoms. The molecule has 1 aromatic carbocycles. The molecule has 0 aromatic heterocycles. The Morgan fingerprint density at radius 2 is 1.85 bits per heavy atom. The third-order valence-corrected chi connectivity index (χ3v) is 4.58. The molecular weight excluding hydrogens is 467 g/mol. The third kappa shape index (κ3) is 8.14. The van der Waals surface area contributed by atoms with Crippen molar-refractivity contribution in [2.45, 2.75) is 26.1 Å². The van der Waals surface area contributed by atoms with Crippen molar-refractivity contribution in [2.24, 2.45) is 4.99 Å². The minimum atomic E-state index is -2.84. The second-order valence-electron chi connectivity index (χ2n) is 6.48. The predicted octanol–water partition coefficient (Wildman–Crippen LogP) is 2.21. The zero-order valence-corrected chi connectivity index (χ0v) is 18.5. The van der Waals surface area contributed by atoms with Gasteiger partial charge in [0.15, 0.2) is 5.96 Å². The first-order chi connectivity index (χ1) is 12.5. The van der Waals surface area contributed by atoms with Crippen molar-refractivity contribution < 1.29 is 13.5 Å². The number of guanidine groups is 1. The molecule has 0 saturated carbocycles. The van der Waals surface area contributed by atoms with Crippen molar-refractivity contribution in [3.63, 3.8) is 0 Å². The fraction of sp³-hybridized carbons (Fsp3) is 0.611. The van der Waals surface area contributed by atoms with Gasteiger partial charge >= 0.3 is 6.61 Å². The number of halogens is 3. The van der Waals surface area contributed by atoms with Gasteiger partial charge in [-0.3, -0.25) is 9.89 Å². The highest BCUT2D eigenvalue weighted by Gasteiger charge is 2.19. The first kappa shape index (κ1) is 23.8. The minimum absolute atomic E-state index is 0. The molecule has 27 heavy (non-hydrogen) atoms. The number of nitrogens with zero attached hydrogens (tertiary/aromatic N) is 3. The summed E-state index contributed by atoms with van der Waals surface area (Å²) in [7, 11) is 3.83. The minimum Gasteiger partial charge on any atom is -0.434 e. The van der Waals surface area contributed by atoms with Gasteiger partial charge in [0, 0.05) is 57.9 Å². The molecule has 1 aliphatic rings. The Hall–Kier alpha value is -1.20. The van der Waals surface area contributed by atoms with Gasteiger partial charge in [-0.25, -0.2) is 0 Å². The van der Waals surface area contributed by atoms with E-state index in [1.54, 1.807) is 25.2 Å². The van der Waals surface area contributed by atoms with Crippen LogP contribution in [0.15, 0.2) is 29.3 Å². The third-order valence-electron chi connectivity index (χ3n) is 4.58. The number of piperazine rings is 1. The van der Waals surface area contributed by atoms with Crippen LogP contribution in [-0.4, -0.2) is 75.2 Å². The fourth-order valence-corrected chi connectivity index (χ4v) is 2.90. The van der Waals surface area contributed by atoms with E-state index in [2.05, 4.69) is 44.1 Å². The van der Waals surface area contributed by atoms with Crippen molar-refractivity contribution in [3.8, 4) is 5.75 Å². The quantitative estimate of drug-likeness (QED) is 0.344. The van der Waals surface area contributed by atoms with E-state index in [1.807, 2.05) is 0 Å². The number of nitrogens with one attached hydrogen (secondary N) is 2. The molecule has 1 saturated heterocycles. The van der Waals surface area contributed by atoms with Crippen LogP contribution in [0.25, 0.3) is 0 Å². The average Bonchev–Trinajstić information content (AvgIpc) is 2.63. The Labute approximate surface area is 177 Å². The highest BCUT2D eigenvalue weighted by Crippen LogP contribution is 2.19. The molecule has 1 atom stereocenters. The highest BCUT2D eigenvalue weighted by molar-refractivity contribution is 14.0. The Morgan fingerprint density at radius 3 is 2.48 bits per heavy atom. The zero-order chi connectivity index (χ0) is 18.9. The topological polar surface area (TPSA) is 52.1 Å².